The molecule has 0 aliphatic carbocycles. The van der Waals surface area contributed by atoms with Crippen molar-refractivity contribution in [3.8, 4) is 16.8 Å². The van der Waals surface area contributed by atoms with Crippen LogP contribution in [-0.2, 0) is 6.42 Å². The van der Waals surface area contributed by atoms with Crippen LogP contribution in [0.2, 0.25) is 0 Å². The summed E-state index contributed by atoms with van der Waals surface area (Å²) in [6, 6.07) is 27.3. The van der Waals surface area contributed by atoms with Crippen LogP contribution in [0.25, 0.3) is 28.0 Å². The first-order valence-electron chi connectivity index (χ1n) is 9.96. The Morgan fingerprint density at radius 3 is 2.48 bits per heavy atom. The lowest BCUT2D eigenvalue weighted by Crippen LogP contribution is -2.25. The van der Waals surface area contributed by atoms with Crippen LogP contribution in [0, 0.1) is 5.82 Å². The number of hydrogen-bond acceptors (Lipinski definition) is 3. The van der Waals surface area contributed by atoms with E-state index in [2.05, 4.69) is 9.97 Å². The highest BCUT2D eigenvalue weighted by molar-refractivity contribution is 5.74. The van der Waals surface area contributed by atoms with Crippen molar-refractivity contribution >= 4 is 11.2 Å². The van der Waals surface area contributed by atoms with E-state index in [4.69, 9.17) is 0 Å². The van der Waals surface area contributed by atoms with Crippen LogP contribution in [0.15, 0.2) is 102 Å². The van der Waals surface area contributed by atoms with Gasteiger partial charge in [-0.15, -0.1) is 0 Å². The van der Waals surface area contributed by atoms with E-state index in [0.29, 0.717) is 40.1 Å². The second kappa shape index (κ2) is 7.95. The minimum Gasteiger partial charge on any atom is -0.267 e. The Kier molecular flexibility index (Phi) is 4.84. The van der Waals surface area contributed by atoms with Crippen molar-refractivity contribution in [2.45, 2.75) is 6.42 Å². The zero-order valence-electron chi connectivity index (χ0n) is 16.6. The minimum atomic E-state index is -0.311. The summed E-state index contributed by atoms with van der Waals surface area (Å²) in [7, 11) is 0. The van der Waals surface area contributed by atoms with Gasteiger partial charge in [-0.2, -0.15) is 0 Å². The number of benzene rings is 3. The molecule has 0 aliphatic heterocycles. The average molecular weight is 407 g/mol. The Bertz CT molecular complexity index is 1440. The molecule has 5 heteroatoms. The molecule has 0 atom stereocenters. The number of halogens is 1. The van der Waals surface area contributed by atoms with E-state index < -0.39 is 0 Å². The summed E-state index contributed by atoms with van der Waals surface area (Å²) in [6.45, 7) is 0. The molecule has 0 saturated heterocycles. The molecule has 0 unspecified atom stereocenters. The predicted octanol–water partition coefficient (Wildman–Crippen LogP) is 5.18. The molecule has 0 aliphatic rings. The van der Waals surface area contributed by atoms with Gasteiger partial charge in [-0.25, -0.2) is 14.4 Å². The SMILES string of the molecule is O=c1c(Cc2ccccc2)nc2cccnc2n1-c1cccc(-c2ccccc2F)c1. The standard InChI is InChI=1S/C26H18FN3O/c27-22-13-5-4-12-21(22)19-10-6-11-20(17-19)30-25-23(14-7-15-28-25)29-24(26(30)31)16-18-8-2-1-3-9-18/h1-15,17H,16H2. The van der Waals surface area contributed by atoms with Crippen molar-refractivity contribution in [2.24, 2.45) is 0 Å². The molecule has 3 aromatic carbocycles. The third-order valence-corrected chi connectivity index (χ3v) is 5.19. The monoisotopic (exact) mass is 407 g/mol. The minimum absolute atomic E-state index is 0.235. The Hall–Kier alpha value is -4.12. The van der Waals surface area contributed by atoms with Crippen molar-refractivity contribution in [2.75, 3.05) is 0 Å². The molecule has 5 aromatic rings. The van der Waals surface area contributed by atoms with Crippen LogP contribution in [0.4, 0.5) is 4.39 Å². The van der Waals surface area contributed by atoms with E-state index in [1.807, 2.05) is 54.6 Å². The van der Waals surface area contributed by atoms with E-state index in [0.717, 1.165) is 5.56 Å². The van der Waals surface area contributed by atoms with Gasteiger partial charge < -0.3 is 0 Å². The van der Waals surface area contributed by atoms with Gasteiger partial charge >= 0.3 is 0 Å². The molecule has 0 bridgehead atoms. The number of pyridine rings is 1. The molecule has 0 amide bonds. The van der Waals surface area contributed by atoms with E-state index in [1.54, 1.807) is 41.1 Å². The summed E-state index contributed by atoms with van der Waals surface area (Å²) in [6.07, 6.45) is 2.05. The Morgan fingerprint density at radius 2 is 1.65 bits per heavy atom. The summed E-state index contributed by atoms with van der Waals surface area (Å²) in [5, 5.41) is 0. The molecule has 2 aromatic heterocycles. The first-order chi connectivity index (χ1) is 15.2. The number of nitrogens with zero attached hydrogens (tertiary/aromatic N) is 3. The second-order valence-corrected chi connectivity index (χ2v) is 7.24. The Balaban J connectivity index is 1.71. The highest BCUT2D eigenvalue weighted by atomic mass is 19.1. The Labute approximate surface area is 178 Å². The maximum atomic E-state index is 14.4. The van der Waals surface area contributed by atoms with Crippen molar-refractivity contribution in [1.29, 1.82) is 0 Å². The van der Waals surface area contributed by atoms with Gasteiger partial charge in [0.05, 0.1) is 5.69 Å². The van der Waals surface area contributed by atoms with Crippen LogP contribution in [0.3, 0.4) is 0 Å². The molecule has 4 nitrogen and oxygen atoms in total. The predicted molar refractivity (Wildman–Crippen MR) is 120 cm³/mol. The second-order valence-electron chi connectivity index (χ2n) is 7.24. The fourth-order valence-electron chi connectivity index (χ4n) is 3.72. The van der Waals surface area contributed by atoms with Crippen molar-refractivity contribution in [3.05, 3.63) is 125 Å². The van der Waals surface area contributed by atoms with Crippen LogP contribution in [-0.4, -0.2) is 14.5 Å². The molecule has 5 rings (SSSR count). The smallest absolute Gasteiger partial charge is 0.267 e. The van der Waals surface area contributed by atoms with Crippen LogP contribution < -0.4 is 5.56 Å². The number of fused-ring (bicyclic) bond motifs is 1. The van der Waals surface area contributed by atoms with E-state index in [1.165, 1.54) is 6.07 Å². The largest absolute Gasteiger partial charge is 0.278 e. The molecular formula is C26H18FN3O. The molecule has 2 heterocycles. The molecular weight excluding hydrogens is 389 g/mol. The zero-order chi connectivity index (χ0) is 21.2. The number of rotatable bonds is 4. The lowest BCUT2D eigenvalue weighted by atomic mass is 10.0. The van der Waals surface area contributed by atoms with Crippen LogP contribution >= 0.6 is 0 Å². The van der Waals surface area contributed by atoms with Gasteiger partial charge in [0.25, 0.3) is 5.56 Å². The maximum Gasteiger partial charge on any atom is 0.278 e. The van der Waals surface area contributed by atoms with Gasteiger partial charge in [0.1, 0.15) is 17.0 Å². The van der Waals surface area contributed by atoms with Crippen LogP contribution in [0.5, 0.6) is 0 Å². The third kappa shape index (κ3) is 3.62. The summed E-state index contributed by atoms with van der Waals surface area (Å²) in [5.74, 6) is -0.311. The fourth-order valence-corrected chi connectivity index (χ4v) is 3.72. The fraction of sp³-hybridized carbons (Fsp3) is 0.0385. The number of hydrogen-bond donors (Lipinski definition) is 0. The molecule has 0 fully saturated rings. The third-order valence-electron chi connectivity index (χ3n) is 5.19. The summed E-state index contributed by atoms with van der Waals surface area (Å²) in [5.41, 5.74) is 4.08. The topological polar surface area (TPSA) is 47.8 Å². The summed E-state index contributed by atoms with van der Waals surface area (Å²) >= 11 is 0. The molecule has 0 saturated carbocycles. The first kappa shape index (κ1) is 18.9. The average Bonchev–Trinajstić information content (AvgIpc) is 2.81. The summed E-state index contributed by atoms with van der Waals surface area (Å²) in [4.78, 5) is 22.5. The zero-order valence-corrected chi connectivity index (χ0v) is 16.6. The van der Waals surface area contributed by atoms with Gasteiger partial charge in [0, 0.05) is 18.2 Å². The van der Waals surface area contributed by atoms with Gasteiger partial charge in [0.2, 0.25) is 0 Å². The van der Waals surface area contributed by atoms with E-state index in [9.17, 15) is 9.18 Å². The van der Waals surface area contributed by atoms with Crippen molar-refractivity contribution < 1.29 is 4.39 Å². The van der Waals surface area contributed by atoms with Gasteiger partial charge in [-0.05, 0) is 41.5 Å². The normalized spacial score (nSPS) is 11.0. The first-order valence-corrected chi connectivity index (χ1v) is 9.96. The highest BCUT2D eigenvalue weighted by Crippen LogP contribution is 2.25. The lowest BCUT2D eigenvalue weighted by molar-refractivity contribution is 0.631. The summed E-state index contributed by atoms with van der Waals surface area (Å²) < 4.78 is 15.9. The van der Waals surface area contributed by atoms with Crippen molar-refractivity contribution in [1.82, 2.24) is 14.5 Å². The van der Waals surface area contributed by atoms with Gasteiger partial charge in [-0.3, -0.25) is 9.36 Å². The molecule has 150 valence electrons. The lowest BCUT2D eigenvalue weighted by Gasteiger charge is -2.13. The molecule has 0 spiro atoms. The maximum absolute atomic E-state index is 14.4. The molecule has 0 N–H and O–H groups in total. The van der Waals surface area contributed by atoms with E-state index >= 15 is 0 Å². The molecule has 0 radical (unpaired) electrons. The molecule has 31 heavy (non-hydrogen) atoms. The quantitative estimate of drug-likeness (QED) is 0.413. The van der Waals surface area contributed by atoms with Gasteiger partial charge in [-0.1, -0.05) is 60.7 Å². The Morgan fingerprint density at radius 1 is 0.839 bits per heavy atom. The van der Waals surface area contributed by atoms with Crippen LogP contribution in [0.1, 0.15) is 11.3 Å². The highest BCUT2D eigenvalue weighted by Gasteiger charge is 2.15. The van der Waals surface area contributed by atoms with E-state index in [-0.39, 0.29) is 11.4 Å². The van der Waals surface area contributed by atoms with Crippen molar-refractivity contribution in [3.63, 3.8) is 0 Å². The van der Waals surface area contributed by atoms with Gasteiger partial charge in [0.15, 0.2) is 5.65 Å². The number of aromatic nitrogens is 3.